The summed E-state index contributed by atoms with van der Waals surface area (Å²) in [5, 5.41) is 0. The second-order valence-corrected chi connectivity index (χ2v) is 4.92. The third-order valence-electron chi connectivity index (χ3n) is 3.86. The van der Waals surface area contributed by atoms with Crippen LogP contribution in [0.5, 0.6) is 0 Å². The van der Waals surface area contributed by atoms with Crippen molar-refractivity contribution in [2.75, 3.05) is 6.61 Å². The van der Waals surface area contributed by atoms with Crippen LogP contribution in [0.1, 0.15) is 23.5 Å². The predicted molar refractivity (Wildman–Crippen MR) is 68.1 cm³/mol. The number of epoxide rings is 1. The van der Waals surface area contributed by atoms with Crippen LogP contribution in [-0.4, -0.2) is 12.7 Å². The third kappa shape index (κ3) is 1.43. The van der Waals surface area contributed by atoms with E-state index in [1.807, 2.05) is 0 Å². The maximum atomic E-state index is 5.40. The summed E-state index contributed by atoms with van der Waals surface area (Å²) >= 11 is 0. The van der Waals surface area contributed by atoms with E-state index in [1.165, 1.54) is 22.3 Å². The van der Waals surface area contributed by atoms with E-state index in [9.17, 15) is 0 Å². The van der Waals surface area contributed by atoms with Crippen molar-refractivity contribution >= 4 is 0 Å². The predicted octanol–water partition coefficient (Wildman–Crippen LogP) is 3.59. The van der Waals surface area contributed by atoms with E-state index in [1.54, 1.807) is 0 Å². The van der Waals surface area contributed by atoms with E-state index >= 15 is 0 Å². The van der Waals surface area contributed by atoms with Gasteiger partial charge < -0.3 is 4.74 Å². The number of benzene rings is 2. The summed E-state index contributed by atoms with van der Waals surface area (Å²) in [6.45, 7) is 0.945. The molecule has 0 saturated carbocycles. The second-order valence-electron chi connectivity index (χ2n) is 4.92. The molecule has 0 aromatic heterocycles. The van der Waals surface area contributed by atoms with Gasteiger partial charge in [0.25, 0.3) is 0 Å². The molecule has 1 heteroatoms. The van der Waals surface area contributed by atoms with Gasteiger partial charge in [-0.15, -0.1) is 0 Å². The van der Waals surface area contributed by atoms with Gasteiger partial charge in [0.2, 0.25) is 0 Å². The Morgan fingerprint density at radius 1 is 0.882 bits per heavy atom. The van der Waals surface area contributed by atoms with Crippen LogP contribution in [0.25, 0.3) is 11.1 Å². The Morgan fingerprint density at radius 3 is 1.94 bits per heavy atom. The van der Waals surface area contributed by atoms with Crippen molar-refractivity contribution in [1.29, 1.82) is 0 Å². The first kappa shape index (κ1) is 9.43. The van der Waals surface area contributed by atoms with Crippen LogP contribution in [-0.2, 0) is 4.74 Å². The van der Waals surface area contributed by atoms with Crippen LogP contribution in [0.3, 0.4) is 0 Å². The molecule has 2 aromatic carbocycles. The van der Waals surface area contributed by atoms with Crippen molar-refractivity contribution in [3.05, 3.63) is 59.7 Å². The van der Waals surface area contributed by atoms with Crippen molar-refractivity contribution in [3.63, 3.8) is 0 Å². The average molecular weight is 222 g/mol. The molecule has 0 bridgehead atoms. The Balaban J connectivity index is 1.88. The standard InChI is InChI=1S/C16H14O/c1-3-7-14-12(5-1)13-6-2-4-8-15(13)16(14)9-11-10-17-11/h1-8,11,16H,9-10H2. The van der Waals surface area contributed by atoms with Crippen LogP contribution < -0.4 is 0 Å². The van der Waals surface area contributed by atoms with Crippen molar-refractivity contribution < 1.29 is 4.74 Å². The molecule has 0 radical (unpaired) electrons. The van der Waals surface area contributed by atoms with Gasteiger partial charge >= 0.3 is 0 Å². The molecule has 1 saturated heterocycles. The van der Waals surface area contributed by atoms with Gasteiger partial charge in [-0.25, -0.2) is 0 Å². The molecule has 84 valence electrons. The van der Waals surface area contributed by atoms with E-state index in [2.05, 4.69) is 48.5 Å². The summed E-state index contributed by atoms with van der Waals surface area (Å²) in [6, 6.07) is 17.6. The lowest BCUT2D eigenvalue weighted by atomic mass is 9.92. The highest BCUT2D eigenvalue weighted by molar-refractivity contribution is 5.78. The molecular formula is C16H14O. The van der Waals surface area contributed by atoms with Gasteiger partial charge in [0, 0.05) is 5.92 Å². The highest BCUT2D eigenvalue weighted by Gasteiger charge is 2.34. The molecule has 4 rings (SSSR count). The lowest BCUT2D eigenvalue weighted by Gasteiger charge is -2.11. The second kappa shape index (κ2) is 3.44. The quantitative estimate of drug-likeness (QED) is 0.707. The summed E-state index contributed by atoms with van der Waals surface area (Å²) in [5.41, 5.74) is 5.77. The fourth-order valence-corrected chi connectivity index (χ4v) is 2.98. The molecule has 1 atom stereocenters. The van der Waals surface area contributed by atoms with Crippen LogP contribution in [0.15, 0.2) is 48.5 Å². The highest BCUT2D eigenvalue weighted by atomic mass is 16.6. The Hall–Kier alpha value is -1.60. The Labute approximate surface area is 101 Å². The smallest absolute Gasteiger partial charge is 0.0819 e. The maximum Gasteiger partial charge on any atom is 0.0819 e. The van der Waals surface area contributed by atoms with Crippen molar-refractivity contribution in [3.8, 4) is 11.1 Å². The third-order valence-corrected chi connectivity index (χ3v) is 3.86. The molecule has 1 nitrogen and oxygen atoms in total. The topological polar surface area (TPSA) is 12.5 Å². The van der Waals surface area contributed by atoms with Gasteiger partial charge in [0.15, 0.2) is 0 Å². The first-order valence-corrected chi connectivity index (χ1v) is 6.23. The first-order chi connectivity index (χ1) is 8.43. The molecule has 1 heterocycles. The Kier molecular flexibility index (Phi) is 1.91. The zero-order valence-corrected chi connectivity index (χ0v) is 9.60. The molecule has 1 unspecified atom stereocenters. The summed E-state index contributed by atoms with van der Waals surface area (Å²) < 4.78 is 5.40. The molecule has 0 spiro atoms. The fraction of sp³-hybridized carbons (Fsp3) is 0.250. The van der Waals surface area contributed by atoms with Crippen LogP contribution >= 0.6 is 0 Å². The molecule has 17 heavy (non-hydrogen) atoms. The van der Waals surface area contributed by atoms with Gasteiger partial charge in [-0.3, -0.25) is 0 Å². The fourth-order valence-electron chi connectivity index (χ4n) is 2.98. The van der Waals surface area contributed by atoms with E-state index in [0.717, 1.165) is 13.0 Å². The van der Waals surface area contributed by atoms with Crippen LogP contribution in [0.4, 0.5) is 0 Å². The van der Waals surface area contributed by atoms with Gasteiger partial charge in [0.05, 0.1) is 12.7 Å². The lowest BCUT2D eigenvalue weighted by molar-refractivity contribution is 0.389. The minimum Gasteiger partial charge on any atom is -0.373 e. The minimum absolute atomic E-state index is 0.485. The Morgan fingerprint density at radius 2 is 1.41 bits per heavy atom. The number of rotatable bonds is 2. The summed E-state index contributed by atoms with van der Waals surface area (Å²) in [6.07, 6.45) is 1.62. The summed E-state index contributed by atoms with van der Waals surface area (Å²) in [4.78, 5) is 0. The summed E-state index contributed by atoms with van der Waals surface area (Å²) in [7, 11) is 0. The van der Waals surface area contributed by atoms with E-state index in [4.69, 9.17) is 4.74 Å². The SMILES string of the molecule is c1ccc2c(c1)-c1ccccc1C2CC1CO1. The van der Waals surface area contributed by atoms with E-state index < -0.39 is 0 Å². The monoisotopic (exact) mass is 222 g/mol. The molecule has 2 aromatic rings. The van der Waals surface area contributed by atoms with Gasteiger partial charge in [-0.2, -0.15) is 0 Å². The molecule has 1 aliphatic heterocycles. The first-order valence-electron chi connectivity index (χ1n) is 6.23. The summed E-state index contributed by atoms with van der Waals surface area (Å²) in [5.74, 6) is 0.537. The van der Waals surface area contributed by atoms with Crippen molar-refractivity contribution in [2.45, 2.75) is 18.4 Å². The number of hydrogen-bond acceptors (Lipinski definition) is 1. The van der Waals surface area contributed by atoms with Crippen LogP contribution in [0, 0.1) is 0 Å². The lowest BCUT2D eigenvalue weighted by Crippen LogP contribution is -2.00. The number of hydrogen-bond donors (Lipinski definition) is 0. The number of ether oxygens (including phenoxy) is 1. The van der Waals surface area contributed by atoms with Crippen LogP contribution in [0.2, 0.25) is 0 Å². The zero-order valence-electron chi connectivity index (χ0n) is 9.60. The van der Waals surface area contributed by atoms with E-state index in [0.29, 0.717) is 12.0 Å². The number of fused-ring (bicyclic) bond motifs is 3. The maximum absolute atomic E-state index is 5.40. The molecule has 1 fully saturated rings. The normalized spacial score (nSPS) is 21.1. The molecule has 1 aliphatic carbocycles. The van der Waals surface area contributed by atoms with Gasteiger partial charge in [0.1, 0.15) is 0 Å². The van der Waals surface area contributed by atoms with Gasteiger partial charge in [-0.1, -0.05) is 48.5 Å². The Bertz CT molecular complexity index is 524. The molecule has 2 aliphatic rings. The highest BCUT2D eigenvalue weighted by Crippen LogP contribution is 2.47. The largest absolute Gasteiger partial charge is 0.373 e. The molecule has 0 N–H and O–H groups in total. The minimum atomic E-state index is 0.485. The van der Waals surface area contributed by atoms with E-state index in [-0.39, 0.29) is 0 Å². The zero-order chi connectivity index (χ0) is 11.2. The molecular weight excluding hydrogens is 208 g/mol. The molecule has 0 amide bonds. The van der Waals surface area contributed by atoms with Gasteiger partial charge in [-0.05, 0) is 28.7 Å². The van der Waals surface area contributed by atoms with Crippen molar-refractivity contribution in [1.82, 2.24) is 0 Å². The average Bonchev–Trinajstić information content (AvgIpc) is 3.15. The van der Waals surface area contributed by atoms with Crippen molar-refractivity contribution in [2.24, 2.45) is 0 Å².